The topological polar surface area (TPSA) is 81.3 Å². The van der Waals surface area contributed by atoms with E-state index in [2.05, 4.69) is 15.3 Å². The number of carbonyl (C=O) groups excluding carboxylic acids is 1. The number of piperazine rings is 1. The second kappa shape index (κ2) is 9.33. The Balaban J connectivity index is 1.25. The van der Waals surface area contributed by atoms with Crippen molar-refractivity contribution >= 4 is 22.5 Å². The highest BCUT2D eigenvalue weighted by Gasteiger charge is 2.25. The van der Waals surface area contributed by atoms with Gasteiger partial charge >= 0.3 is 0 Å². The maximum Gasteiger partial charge on any atom is 0.270 e. The van der Waals surface area contributed by atoms with Crippen LogP contribution in [-0.4, -0.2) is 53.0 Å². The molecule has 2 aliphatic rings. The third kappa shape index (κ3) is 4.62. The molecule has 0 spiro atoms. The Morgan fingerprint density at radius 2 is 1.89 bits per heavy atom. The third-order valence-electron chi connectivity index (χ3n) is 6.90. The summed E-state index contributed by atoms with van der Waals surface area (Å²) in [5, 5.41) is 2.89. The van der Waals surface area contributed by atoms with Crippen molar-refractivity contribution in [3.63, 3.8) is 0 Å². The van der Waals surface area contributed by atoms with Crippen LogP contribution in [0.3, 0.4) is 0 Å². The van der Waals surface area contributed by atoms with Crippen LogP contribution in [0, 0.1) is 24.5 Å². The van der Waals surface area contributed by atoms with Crippen molar-refractivity contribution in [3.8, 4) is 0 Å². The predicted molar refractivity (Wildman–Crippen MR) is 126 cm³/mol. The molecule has 7 nitrogen and oxygen atoms in total. The molecular weight excluding hydrogens is 459 g/mol. The summed E-state index contributed by atoms with van der Waals surface area (Å²) in [4.78, 5) is 34.2. The predicted octanol–water partition coefficient (Wildman–Crippen LogP) is 3.25. The van der Waals surface area contributed by atoms with Crippen LogP contribution in [0.5, 0.6) is 0 Å². The summed E-state index contributed by atoms with van der Waals surface area (Å²) in [6.45, 7) is 3.60. The molecular formula is C25H26F3N5O2. The normalized spacial score (nSPS) is 17.0. The van der Waals surface area contributed by atoms with Crippen molar-refractivity contribution in [3.05, 3.63) is 69.0 Å². The van der Waals surface area contributed by atoms with Crippen LogP contribution in [0.1, 0.15) is 40.9 Å². The highest BCUT2D eigenvalue weighted by molar-refractivity contribution is 5.92. The highest BCUT2D eigenvalue weighted by Crippen LogP contribution is 2.25. The molecule has 0 radical (unpaired) electrons. The van der Waals surface area contributed by atoms with Crippen molar-refractivity contribution in [1.82, 2.24) is 20.2 Å². The zero-order chi connectivity index (χ0) is 24.7. The molecule has 1 aliphatic carbocycles. The molecule has 10 heteroatoms. The molecule has 3 heterocycles. The lowest BCUT2D eigenvalue weighted by atomic mass is 9.93. The minimum absolute atomic E-state index is 0.0426. The molecule has 2 N–H and O–H groups in total. The molecule has 3 aromatic rings. The molecule has 0 unspecified atom stereocenters. The van der Waals surface area contributed by atoms with E-state index in [1.807, 2.05) is 9.80 Å². The molecule has 0 atom stereocenters. The summed E-state index contributed by atoms with van der Waals surface area (Å²) in [6, 6.07) is 5.74. The summed E-state index contributed by atoms with van der Waals surface area (Å²) in [5.74, 6) is -2.32. The van der Waals surface area contributed by atoms with Gasteiger partial charge in [-0.05, 0) is 50.5 Å². The molecule has 1 saturated heterocycles. The maximum absolute atomic E-state index is 15.1. The Hall–Kier alpha value is -3.40. The number of nitrogens with one attached hydrogen (secondary N) is 2. The molecule has 5 rings (SSSR count). The fourth-order valence-electron chi connectivity index (χ4n) is 4.55. The minimum Gasteiger partial charge on any atom is -0.365 e. The van der Waals surface area contributed by atoms with E-state index in [9.17, 15) is 18.4 Å². The Labute approximate surface area is 200 Å². The smallest absolute Gasteiger partial charge is 0.270 e. The van der Waals surface area contributed by atoms with E-state index < -0.39 is 23.1 Å². The molecule has 2 aromatic heterocycles. The molecule has 2 fully saturated rings. The second-order valence-corrected chi connectivity index (χ2v) is 9.27. The number of aryl methyl sites for hydroxylation is 1. The molecule has 1 saturated carbocycles. The van der Waals surface area contributed by atoms with E-state index in [0.29, 0.717) is 37.4 Å². The first-order valence-corrected chi connectivity index (χ1v) is 11.8. The number of amides is 1. The van der Waals surface area contributed by atoms with E-state index in [0.717, 1.165) is 19.3 Å². The van der Waals surface area contributed by atoms with Gasteiger partial charge in [0.1, 0.15) is 11.5 Å². The summed E-state index contributed by atoms with van der Waals surface area (Å²) >= 11 is 0. The van der Waals surface area contributed by atoms with Crippen LogP contribution >= 0.6 is 0 Å². The van der Waals surface area contributed by atoms with Gasteiger partial charge in [-0.3, -0.25) is 14.5 Å². The fraction of sp³-hybridized carbons (Fsp3) is 0.400. The summed E-state index contributed by atoms with van der Waals surface area (Å²) in [6.07, 6.45) is 2.95. The van der Waals surface area contributed by atoms with Gasteiger partial charge in [0.15, 0.2) is 5.82 Å². The number of benzene rings is 1. The number of halogens is 3. The number of H-pyrrole nitrogens is 1. The number of rotatable bonds is 5. The van der Waals surface area contributed by atoms with Gasteiger partial charge in [0, 0.05) is 55.3 Å². The number of anilines is 1. The lowest BCUT2D eigenvalue weighted by Gasteiger charge is -2.36. The van der Waals surface area contributed by atoms with Crippen LogP contribution in [-0.2, 0) is 6.54 Å². The van der Waals surface area contributed by atoms with Gasteiger partial charge in [-0.25, -0.2) is 13.8 Å². The summed E-state index contributed by atoms with van der Waals surface area (Å²) < 4.78 is 44.4. The van der Waals surface area contributed by atoms with Crippen LogP contribution in [0.4, 0.5) is 18.9 Å². The van der Waals surface area contributed by atoms with Crippen molar-refractivity contribution in [2.45, 2.75) is 38.8 Å². The molecule has 1 amide bonds. The number of fused-ring (bicyclic) bond motifs is 1. The third-order valence-corrected chi connectivity index (χ3v) is 6.90. The van der Waals surface area contributed by atoms with Gasteiger partial charge in [-0.15, -0.1) is 0 Å². The van der Waals surface area contributed by atoms with E-state index >= 15 is 4.39 Å². The van der Waals surface area contributed by atoms with Gasteiger partial charge in [0.05, 0.1) is 11.2 Å². The molecule has 184 valence electrons. The number of aromatic nitrogens is 2. The second-order valence-electron chi connectivity index (χ2n) is 9.27. The van der Waals surface area contributed by atoms with Gasteiger partial charge in [-0.2, -0.15) is 4.39 Å². The Kier molecular flexibility index (Phi) is 6.22. The Bertz CT molecular complexity index is 1350. The van der Waals surface area contributed by atoms with Gasteiger partial charge in [0.25, 0.3) is 11.5 Å². The molecule has 1 aromatic carbocycles. The fourth-order valence-corrected chi connectivity index (χ4v) is 4.55. The van der Waals surface area contributed by atoms with Crippen LogP contribution in [0.25, 0.3) is 10.9 Å². The number of hydrogen-bond acceptors (Lipinski definition) is 5. The van der Waals surface area contributed by atoms with E-state index in [-0.39, 0.29) is 40.7 Å². The number of pyridine rings is 2. The lowest BCUT2D eigenvalue weighted by molar-refractivity contribution is 0.0910. The number of aromatic amines is 1. The van der Waals surface area contributed by atoms with E-state index in [1.165, 1.54) is 18.2 Å². The van der Waals surface area contributed by atoms with Gasteiger partial charge < -0.3 is 15.2 Å². The maximum atomic E-state index is 15.1. The standard InChI is InChI=1S/C25H26F3N5O2/c1-14-11-17-18(26)12-15(21(27)22(17)31-24(14)34)13-32-7-9-33(10-8-32)20-6-5-19(30-23(20)28)25(35)29-16-3-2-4-16/h5-6,11-12,16H,2-4,7-10,13H2,1H3,(H,29,35)(H,31,34). The van der Waals surface area contributed by atoms with Crippen LogP contribution < -0.4 is 15.8 Å². The molecule has 0 bridgehead atoms. The van der Waals surface area contributed by atoms with Crippen LogP contribution in [0.15, 0.2) is 29.1 Å². The average Bonchev–Trinajstić information content (AvgIpc) is 2.81. The summed E-state index contributed by atoms with van der Waals surface area (Å²) in [5.41, 5.74) is 0.234. The van der Waals surface area contributed by atoms with Crippen LogP contribution in [0.2, 0.25) is 0 Å². The first-order chi connectivity index (χ1) is 16.8. The van der Waals surface area contributed by atoms with E-state index in [1.54, 1.807) is 13.0 Å². The van der Waals surface area contributed by atoms with Gasteiger partial charge in [0.2, 0.25) is 5.95 Å². The first kappa shape index (κ1) is 23.3. The Morgan fingerprint density at radius 1 is 1.14 bits per heavy atom. The molecule has 35 heavy (non-hydrogen) atoms. The minimum atomic E-state index is -0.707. The van der Waals surface area contributed by atoms with Crippen molar-refractivity contribution in [2.75, 3.05) is 31.1 Å². The van der Waals surface area contributed by atoms with Crippen molar-refractivity contribution in [2.24, 2.45) is 0 Å². The van der Waals surface area contributed by atoms with Gasteiger partial charge in [-0.1, -0.05) is 0 Å². The summed E-state index contributed by atoms with van der Waals surface area (Å²) in [7, 11) is 0. The van der Waals surface area contributed by atoms with Crippen molar-refractivity contribution < 1.29 is 18.0 Å². The van der Waals surface area contributed by atoms with E-state index in [4.69, 9.17) is 0 Å². The molecule has 1 aliphatic heterocycles. The number of carbonyl (C=O) groups is 1. The average molecular weight is 486 g/mol. The zero-order valence-corrected chi connectivity index (χ0v) is 19.3. The largest absolute Gasteiger partial charge is 0.365 e. The number of hydrogen-bond donors (Lipinski definition) is 2. The monoisotopic (exact) mass is 485 g/mol. The highest BCUT2D eigenvalue weighted by atomic mass is 19.1. The van der Waals surface area contributed by atoms with Crippen molar-refractivity contribution in [1.29, 1.82) is 0 Å². The zero-order valence-electron chi connectivity index (χ0n) is 19.3. The Morgan fingerprint density at radius 3 is 2.54 bits per heavy atom. The first-order valence-electron chi connectivity index (χ1n) is 11.8. The number of nitrogens with zero attached hydrogens (tertiary/aromatic N) is 3. The quantitative estimate of drug-likeness (QED) is 0.543. The lowest BCUT2D eigenvalue weighted by Crippen LogP contribution is -2.46. The SMILES string of the molecule is Cc1cc2c(F)cc(CN3CCN(c4ccc(C(=O)NC5CCC5)nc4F)CC3)c(F)c2[nH]c1=O.